The zero-order valence-electron chi connectivity index (χ0n) is 17.8. The molecule has 1 aliphatic carbocycles. The molecule has 0 saturated carbocycles. The topological polar surface area (TPSA) is 20.2 Å². The van der Waals surface area contributed by atoms with Gasteiger partial charge in [0, 0.05) is 36.9 Å². The molecule has 1 aliphatic rings. The third-order valence-corrected chi connectivity index (χ3v) is 8.07. The van der Waals surface area contributed by atoms with Gasteiger partial charge in [0.25, 0.3) is 0 Å². The fourth-order valence-corrected chi connectivity index (χ4v) is 6.67. The molecule has 0 aliphatic heterocycles. The molecule has 2 heteroatoms. The monoisotopic (exact) mass is 440 g/mol. The van der Waals surface area contributed by atoms with Crippen LogP contribution in [0.1, 0.15) is 16.7 Å². The van der Waals surface area contributed by atoms with Gasteiger partial charge in [-0.15, -0.1) is 11.3 Å². The summed E-state index contributed by atoms with van der Waals surface area (Å²) in [5.41, 5.74) is 6.04. The van der Waals surface area contributed by atoms with E-state index in [4.69, 9.17) is 0 Å². The first kappa shape index (κ1) is 18.8. The van der Waals surface area contributed by atoms with Crippen molar-refractivity contribution >= 4 is 31.5 Å². The third-order valence-electron chi connectivity index (χ3n) is 6.93. The van der Waals surface area contributed by atoms with Crippen molar-refractivity contribution < 1.29 is 5.11 Å². The van der Waals surface area contributed by atoms with Crippen molar-refractivity contribution in [2.24, 2.45) is 0 Å². The molecule has 0 spiro atoms. The van der Waals surface area contributed by atoms with Gasteiger partial charge in [-0.1, -0.05) is 103 Å². The van der Waals surface area contributed by atoms with E-state index >= 15 is 0 Å². The molecule has 156 valence electrons. The van der Waals surface area contributed by atoms with Crippen LogP contribution in [0.25, 0.3) is 42.4 Å². The molecule has 33 heavy (non-hydrogen) atoms. The summed E-state index contributed by atoms with van der Waals surface area (Å²) in [6, 6.07) is 39.9. The van der Waals surface area contributed by atoms with Crippen LogP contribution >= 0.6 is 11.3 Å². The number of thiophene rings is 1. The first-order valence-electron chi connectivity index (χ1n) is 11.2. The van der Waals surface area contributed by atoms with E-state index in [-0.39, 0.29) is 0 Å². The van der Waals surface area contributed by atoms with Crippen LogP contribution in [0.15, 0.2) is 115 Å². The molecule has 1 N–H and O–H groups in total. The van der Waals surface area contributed by atoms with Crippen LogP contribution in [0.2, 0.25) is 0 Å². The number of rotatable bonds is 2. The maximum Gasteiger partial charge on any atom is 0.142 e. The molecule has 1 heterocycles. The summed E-state index contributed by atoms with van der Waals surface area (Å²) in [6.45, 7) is 0. The van der Waals surface area contributed by atoms with Gasteiger partial charge in [0.15, 0.2) is 0 Å². The van der Waals surface area contributed by atoms with Gasteiger partial charge < -0.3 is 5.11 Å². The highest BCUT2D eigenvalue weighted by atomic mass is 32.1. The van der Waals surface area contributed by atoms with Crippen LogP contribution in [0.3, 0.4) is 0 Å². The summed E-state index contributed by atoms with van der Waals surface area (Å²) in [7, 11) is 0. The number of hydrogen-bond donors (Lipinski definition) is 1. The Morgan fingerprint density at radius 3 is 1.55 bits per heavy atom. The lowest BCUT2D eigenvalue weighted by Crippen LogP contribution is -2.27. The van der Waals surface area contributed by atoms with Gasteiger partial charge >= 0.3 is 0 Å². The van der Waals surface area contributed by atoms with E-state index in [1.807, 2.05) is 41.7 Å². The maximum absolute atomic E-state index is 12.5. The van der Waals surface area contributed by atoms with E-state index in [0.29, 0.717) is 0 Å². The lowest BCUT2D eigenvalue weighted by molar-refractivity contribution is 0.131. The van der Waals surface area contributed by atoms with Gasteiger partial charge in [-0.2, -0.15) is 0 Å². The molecule has 0 bridgehead atoms. The predicted octanol–water partition coefficient (Wildman–Crippen LogP) is 7.99. The minimum Gasteiger partial charge on any atom is -0.376 e. The average Bonchev–Trinajstić information content (AvgIpc) is 3.39. The summed E-state index contributed by atoms with van der Waals surface area (Å²) < 4.78 is 2.55. The van der Waals surface area contributed by atoms with Crippen LogP contribution in [0, 0.1) is 0 Å². The molecule has 0 saturated heterocycles. The van der Waals surface area contributed by atoms with Crippen LogP contribution in [-0.4, -0.2) is 5.11 Å². The molecule has 6 aromatic rings. The molecule has 0 unspecified atom stereocenters. The lowest BCUT2D eigenvalue weighted by atomic mass is 9.80. The molecular weight excluding hydrogens is 420 g/mol. The van der Waals surface area contributed by atoms with Crippen LogP contribution < -0.4 is 0 Å². The molecule has 1 aromatic heterocycles. The largest absolute Gasteiger partial charge is 0.376 e. The molecule has 0 amide bonds. The first-order valence-corrected chi connectivity index (χ1v) is 12.0. The Balaban J connectivity index is 1.58. The number of hydrogen-bond acceptors (Lipinski definition) is 2. The zero-order valence-corrected chi connectivity index (χ0v) is 18.6. The Kier molecular flexibility index (Phi) is 3.93. The van der Waals surface area contributed by atoms with Crippen molar-refractivity contribution in [1.82, 2.24) is 0 Å². The Bertz CT molecular complexity index is 1650. The van der Waals surface area contributed by atoms with Crippen molar-refractivity contribution in [3.8, 4) is 22.3 Å². The number of benzene rings is 5. The third kappa shape index (κ3) is 2.51. The Labute approximate surface area is 196 Å². The summed E-state index contributed by atoms with van der Waals surface area (Å²) in [6.07, 6.45) is 0. The van der Waals surface area contributed by atoms with Gasteiger partial charge in [-0.05, 0) is 34.4 Å². The normalized spacial score (nSPS) is 13.8. The van der Waals surface area contributed by atoms with Crippen LogP contribution in [-0.2, 0) is 5.60 Å². The van der Waals surface area contributed by atoms with Crippen LogP contribution in [0.4, 0.5) is 0 Å². The molecule has 5 aromatic carbocycles. The minimum absolute atomic E-state index is 0.921. The summed E-state index contributed by atoms with van der Waals surface area (Å²) in [4.78, 5) is 0. The van der Waals surface area contributed by atoms with Crippen molar-refractivity contribution in [3.63, 3.8) is 0 Å². The van der Waals surface area contributed by atoms with E-state index < -0.39 is 5.60 Å². The van der Waals surface area contributed by atoms with E-state index in [1.54, 1.807) is 0 Å². The molecule has 0 atom stereocenters. The van der Waals surface area contributed by atoms with Crippen molar-refractivity contribution in [1.29, 1.82) is 0 Å². The first-order chi connectivity index (χ1) is 16.3. The van der Waals surface area contributed by atoms with Crippen LogP contribution in [0.5, 0.6) is 0 Å². The zero-order chi connectivity index (χ0) is 22.0. The van der Waals surface area contributed by atoms with Gasteiger partial charge in [-0.3, -0.25) is 0 Å². The molecule has 0 fully saturated rings. The Morgan fingerprint density at radius 1 is 0.455 bits per heavy atom. The second-order valence-electron chi connectivity index (χ2n) is 8.62. The van der Waals surface area contributed by atoms with Gasteiger partial charge in [0.2, 0.25) is 0 Å². The minimum atomic E-state index is -1.21. The summed E-state index contributed by atoms with van der Waals surface area (Å²) in [5, 5.41) is 15.1. The van der Waals surface area contributed by atoms with Gasteiger partial charge in [-0.25, -0.2) is 0 Å². The Hall–Kier alpha value is -3.72. The maximum atomic E-state index is 12.5. The second-order valence-corrected chi connectivity index (χ2v) is 9.71. The van der Waals surface area contributed by atoms with E-state index in [2.05, 4.69) is 84.9 Å². The molecule has 0 radical (unpaired) electrons. The Morgan fingerprint density at radius 2 is 0.909 bits per heavy atom. The highest BCUT2D eigenvalue weighted by Gasteiger charge is 2.44. The molecule has 1 nitrogen and oxygen atoms in total. The van der Waals surface area contributed by atoms with Crippen molar-refractivity contribution in [3.05, 3.63) is 132 Å². The standard InChI is InChI=1S/C31H20OS/c32-31(25-15-5-1-10-20(25)21-11-2-6-16-26(21)31)27-17-7-3-12-22(27)23-14-9-19-29-30(23)24-13-4-8-18-28(24)33-29/h1-19,32H. The highest BCUT2D eigenvalue weighted by Crippen LogP contribution is 2.53. The van der Waals surface area contributed by atoms with Gasteiger partial charge in [0.05, 0.1) is 0 Å². The predicted molar refractivity (Wildman–Crippen MR) is 139 cm³/mol. The number of aliphatic hydroxyl groups is 1. The fraction of sp³-hybridized carbons (Fsp3) is 0.0323. The lowest BCUT2D eigenvalue weighted by Gasteiger charge is -2.29. The average molecular weight is 441 g/mol. The number of fused-ring (bicyclic) bond motifs is 6. The molecular formula is C31H20OS. The summed E-state index contributed by atoms with van der Waals surface area (Å²) in [5.74, 6) is 0. The van der Waals surface area contributed by atoms with Gasteiger partial charge in [0.1, 0.15) is 5.60 Å². The van der Waals surface area contributed by atoms with Crippen molar-refractivity contribution in [2.45, 2.75) is 5.60 Å². The molecule has 7 rings (SSSR count). The summed E-state index contributed by atoms with van der Waals surface area (Å²) >= 11 is 1.82. The smallest absolute Gasteiger partial charge is 0.142 e. The SMILES string of the molecule is OC1(c2ccccc2-c2cccc3sc4ccccc4c23)c2ccccc2-c2ccccc21. The van der Waals surface area contributed by atoms with E-state index in [0.717, 1.165) is 38.9 Å². The van der Waals surface area contributed by atoms with E-state index in [1.165, 1.54) is 20.2 Å². The fourth-order valence-electron chi connectivity index (χ4n) is 5.53. The quantitative estimate of drug-likeness (QED) is 0.289. The van der Waals surface area contributed by atoms with Crippen molar-refractivity contribution in [2.75, 3.05) is 0 Å². The van der Waals surface area contributed by atoms with E-state index in [9.17, 15) is 5.11 Å². The highest BCUT2D eigenvalue weighted by molar-refractivity contribution is 7.25. The second kappa shape index (κ2) is 6.89.